The highest BCUT2D eigenvalue weighted by atomic mass is 35.5. The molecule has 1 aromatic rings. The molecule has 7 heteroatoms. The number of hydrogen-bond donors (Lipinski definition) is 2. The third-order valence-corrected chi connectivity index (χ3v) is 4.65. The lowest BCUT2D eigenvalue weighted by molar-refractivity contribution is 0.00546. The minimum Gasteiger partial charge on any atom is -0.458 e. The number of halogens is 1. The van der Waals surface area contributed by atoms with Crippen LogP contribution in [0.4, 0.5) is 0 Å². The Morgan fingerprint density at radius 3 is 2.30 bits per heavy atom. The van der Waals surface area contributed by atoms with E-state index < -0.39 is 18.7 Å². The van der Waals surface area contributed by atoms with Crippen molar-refractivity contribution >= 4 is 17.6 Å². The summed E-state index contributed by atoms with van der Waals surface area (Å²) in [6.07, 6.45) is 12.9. The van der Waals surface area contributed by atoms with Crippen molar-refractivity contribution < 1.29 is 24.6 Å². The van der Waals surface area contributed by atoms with Gasteiger partial charge in [-0.15, -0.1) is 0 Å². The molecule has 0 amide bonds. The zero-order valence-electron chi connectivity index (χ0n) is 16.4. The van der Waals surface area contributed by atoms with E-state index >= 15 is 0 Å². The summed E-state index contributed by atoms with van der Waals surface area (Å²) in [5.41, 5.74) is 0.0916. The standard InChI is InChI=1S/C20H34ClNO5/c1-2-3-4-5-6-7-8-9-10-11-14-27-22-13-12-18(21)19(22)20(25)26-16-17(24)15-23/h12-13,17,23-24H,2-11,14-16H2,1H3. The fourth-order valence-electron chi connectivity index (χ4n) is 2.73. The van der Waals surface area contributed by atoms with Gasteiger partial charge >= 0.3 is 5.97 Å². The number of unbranched alkanes of at least 4 members (excludes halogenated alkanes) is 9. The molecule has 1 rings (SSSR count). The summed E-state index contributed by atoms with van der Waals surface area (Å²) in [6, 6.07) is 1.55. The van der Waals surface area contributed by atoms with E-state index in [9.17, 15) is 9.90 Å². The van der Waals surface area contributed by atoms with Crippen LogP contribution in [0.25, 0.3) is 0 Å². The van der Waals surface area contributed by atoms with Crippen molar-refractivity contribution in [3.05, 3.63) is 23.0 Å². The first-order chi connectivity index (χ1) is 13.1. The van der Waals surface area contributed by atoms with Crippen LogP contribution in [-0.4, -0.2) is 46.8 Å². The monoisotopic (exact) mass is 403 g/mol. The van der Waals surface area contributed by atoms with Gasteiger partial charge in [0.2, 0.25) is 0 Å². The maximum Gasteiger partial charge on any atom is 0.360 e. The molecular weight excluding hydrogens is 370 g/mol. The number of ether oxygens (including phenoxy) is 1. The third kappa shape index (κ3) is 10.0. The van der Waals surface area contributed by atoms with Gasteiger partial charge in [0.1, 0.15) is 19.3 Å². The first kappa shape index (κ1) is 23.8. The molecule has 1 unspecified atom stereocenters. The third-order valence-electron chi connectivity index (χ3n) is 4.34. The summed E-state index contributed by atoms with van der Waals surface area (Å²) < 4.78 is 6.24. The van der Waals surface area contributed by atoms with Crippen molar-refractivity contribution in [1.82, 2.24) is 4.73 Å². The number of nitrogens with zero attached hydrogens (tertiary/aromatic N) is 1. The topological polar surface area (TPSA) is 80.9 Å². The second kappa shape index (κ2) is 14.8. The molecule has 0 radical (unpaired) electrons. The fraction of sp³-hybridized carbons (Fsp3) is 0.750. The SMILES string of the molecule is CCCCCCCCCCCCOn1ccc(Cl)c1C(=O)OCC(O)CO. The van der Waals surface area contributed by atoms with E-state index in [0.29, 0.717) is 6.61 Å². The Morgan fingerprint density at radius 2 is 1.70 bits per heavy atom. The van der Waals surface area contributed by atoms with Crippen LogP contribution in [0.15, 0.2) is 12.3 Å². The van der Waals surface area contributed by atoms with Crippen LogP contribution in [0.1, 0.15) is 81.6 Å². The summed E-state index contributed by atoms with van der Waals surface area (Å²) in [5.74, 6) is -0.694. The van der Waals surface area contributed by atoms with E-state index in [1.165, 1.54) is 56.1 Å². The minimum absolute atomic E-state index is 0.0916. The van der Waals surface area contributed by atoms with E-state index in [0.717, 1.165) is 12.8 Å². The summed E-state index contributed by atoms with van der Waals surface area (Å²) in [7, 11) is 0. The molecule has 0 aliphatic rings. The number of carbonyl (C=O) groups excluding carboxylic acids is 1. The van der Waals surface area contributed by atoms with Crippen molar-refractivity contribution in [2.45, 2.75) is 77.2 Å². The highest BCUT2D eigenvalue weighted by Crippen LogP contribution is 2.18. The molecule has 2 N–H and O–H groups in total. The number of hydrogen-bond acceptors (Lipinski definition) is 5. The average molecular weight is 404 g/mol. The number of aliphatic hydroxyl groups excluding tert-OH is 2. The second-order valence-electron chi connectivity index (χ2n) is 6.79. The number of aliphatic hydroxyl groups is 2. The molecule has 27 heavy (non-hydrogen) atoms. The first-order valence-electron chi connectivity index (χ1n) is 10.1. The Hall–Kier alpha value is -1.24. The molecule has 0 fully saturated rings. The van der Waals surface area contributed by atoms with Crippen molar-refractivity contribution in [1.29, 1.82) is 0 Å². The summed E-state index contributed by atoms with van der Waals surface area (Å²) in [6.45, 7) is 1.95. The molecule has 0 aromatic carbocycles. The van der Waals surface area contributed by atoms with Crippen LogP contribution in [0.3, 0.4) is 0 Å². The Morgan fingerprint density at radius 1 is 1.11 bits per heavy atom. The number of carbonyl (C=O) groups is 1. The van der Waals surface area contributed by atoms with Crippen molar-refractivity contribution in [2.75, 3.05) is 19.8 Å². The predicted octanol–water partition coefficient (Wildman–Crippen LogP) is 4.00. The molecule has 1 atom stereocenters. The zero-order valence-corrected chi connectivity index (χ0v) is 17.1. The molecule has 0 bridgehead atoms. The molecular formula is C20H34ClNO5. The molecule has 1 aromatic heterocycles. The van der Waals surface area contributed by atoms with E-state index in [-0.39, 0.29) is 17.3 Å². The van der Waals surface area contributed by atoms with Gasteiger partial charge in [-0.3, -0.25) is 0 Å². The van der Waals surface area contributed by atoms with Gasteiger partial charge in [0.15, 0.2) is 5.69 Å². The predicted molar refractivity (Wildman–Crippen MR) is 106 cm³/mol. The lowest BCUT2D eigenvalue weighted by atomic mass is 10.1. The van der Waals surface area contributed by atoms with E-state index in [2.05, 4.69) is 6.92 Å². The van der Waals surface area contributed by atoms with Crippen molar-refractivity contribution in [3.8, 4) is 0 Å². The first-order valence-corrected chi connectivity index (χ1v) is 10.4. The van der Waals surface area contributed by atoms with Crippen LogP contribution < -0.4 is 4.84 Å². The van der Waals surface area contributed by atoms with Gasteiger partial charge in [0.05, 0.1) is 11.6 Å². The Labute approximate surface area is 167 Å². The van der Waals surface area contributed by atoms with Gasteiger partial charge in [0.25, 0.3) is 0 Å². The fourth-order valence-corrected chi connectivity index (χ4v) is 2.95. The lowest BCUT2D eigenvalue weighted by Gasteiger charge is -2.12. The van der Waals surface area contributed by atoms with Gasteiger partial charge in [-0.05, 0) is 18.9 Å². The molecule has 0 saturated carbocycles. The maximum absolute atomic E-state index is 12.1. The highest BCUT2D eigenvalue weighted by Gasteiger charge is 2.20. The smallest absolute Gasteiger partial charge is 0.360 e. The van der Waals surface area contributed by atoms with E-state index in [4.69, 9.17) is 26.3 Å². The van der Waals surface area contributed by atoms with E-state index in [1.807, 2.05) is 0 Å². The molecule has 0 saturated heterocycles. The normalized spacial score (nSPS) is 12.1. The molecule has 0 spiro atoms. The van der Waals surface area contributed by atoms with Crippen molar-refractivity contribution in [3.63, 3.8) is 0 Å². The van der Waals surface area contributed by atoms with Crippen LogP contribution >= 0.6 is 11.6 Å². The summed E-state index contributed by atoms with van der Waals surface area (Å²) in [5, 5.41) is 18.2. The zero-order chi connectivity index (χ0) is 19.9. The largest absolute Gasteiger partial charge is 0.458 e. The minimum atomic E-state index is -1.11. The van der Waals surface area contributed by atoms with Gasteiger partial charge in [-0.1, -0.05) is 69.9 Å². The van der Waals surface area contributed by atoms with Crippen LogP contribution in [0.2, 0.25) is 5.02 Å². The van der Waals surface area contributed by atoms with Gasteiger partial charge in [-0.2, -0.15) is 4.73 Å². The Bertz CT molecular complexity index is 520. The molecule has 6 nitrogen and oxygen atoms in total. The quantitative estimate of drug-likeness (QED) is 0.322. The Kier molecular flexibility index (Phi) is 13.0. The lowest BCUT2D eigenvalue weighted by Crippen LogP contribution is -2.24. The molecule has 1 heterocycles. The number of rotatable bonds is 16. The molecule has 156 valence electrons. The summed E-state index contributed by atoms with van der Waals surface area (Å²) >= 11 is 6.02. The Balaban J connectivity index is 2.19. The molecule has 0 aliphatic heterocycles. The average Bonchev–Trinajstić information content (AvgIpc) is 3.04. The number of esters is 1. The van der Waals surface area contributed by atoms with Crippen LogP contribution in [0, 0.1) is 0 Å². The van der Waals surface area contributed by atoms with E-state index in [1.54, 1.807) is 12.3 Å². The van der Waals surface area contributed by atoms with Crippen LogP contribution in [-0.2, 0) is 4.74 Å². The van der Waals surface area contributed by atoms with Crippen molar-refractivity contribution in [2.24, 2.45) is 0 Å². The summed E-state index contributed by atoms with van der Waals surface area (Å²) in [4.78, 5) is 17.7. The maximum atomic E-state index is 12.1. The molecule has 0 aliphatic carbocycles. The highest BCUT2D eigenvalue weighted by molar-refractivity contribution is 6.33. The number of aromatic nitrogens is 1. The van der Waals surface area contributed by atoms with Gasteiger partial charge < -0.3 is 19.8 Å². The second-order valence-corrected chi connectivity index (χ2v) is 7.20. The van der Waals surface area contributed by atoms with Gasteiger partial charge in [-0.25, -0.2) is 4.79 Å². The van der Waals surface area contributed by atoms with Crippen LogP contribution in [0.5, 0.6) is 0 Å². The van der Waals surface area contributed by atoms with Gasteiger partial charge in [0, 0.05) is 6.20 Å².